The molecule has 5 nitrogen and oxygen atoms in total. The Morgan fingerprint density at radius 1 is 0.964 bits per heavy atom. The number of amides is 1. The van der Waals surface area contributed by atoms with E-state index < -0.39 is 0 Å². The first-order valence-electron chi connectivity index (χ1n) is 9.14. The Morgan fingerprint density at radius 2 is 1.71 bits per heavy atom. The van der Waals surface area contributed by atoms with Crippen LogP contribution in [0.3, 0.4) is 0 Å². The standard InChI is InChI=1S/C23H20N4O/c28-23(20-11-12-22(25-16-20)27-14-13-24-17-27)26-21(19-9-5-2-6-10-19)15-18-7-3-1-4-8-18/h1-14,16-17,21H,15H2,(H,26,28)/t21-/m1/s1. The van der Waals surface area contributed by atoms with Crippen molar-refractivity contribution in [3.63, 3.8) is 0 Å². The maximum Gasteiger partial charge on any atom is 0.253 e. The summed E-state index contributed by atoms with van der Waals surface area (Å²) in [6.45, 7) is 0. The number of aromatic nitrogens is 3. The largest absolute Gasteiger partial charge is 0.345 e. The molecule has 1 amide bonds. The number of pyridine rings is 1. The van der Waals surface area contributed by atoms with Crippen molar-refractivity contribution >= 4 is 5.91 Å². The van der Waals surface area contributed by atoms with Crippen LogP contribution in [0, 0.1) is 0 Å². The van der Waals surface area contributed by atoms with Crippen LogP contribution in [0.1, 0.15) is 27.5 Å². The lowest BCUT2D eigenvalue weighted by atomic mass is 9.98. The van der Waals surface area contributed by atoms with Crippen LogP contribution in [0.5, 0.6) is 0 Å². The predicted octanol–water partition coefficient (Wildman–Crippen LogP) is 3.98. The van der Waals surface area contributed by atoms with Crippen LogP contribution < -0.4 is 5.32 Å². The number of carbonyl (C=O) groups excluding carboxylic acids is 1. The second-order valence-corrected chi connectivity index (χ2v) is 6.50. The van der Waals surface area contributed by atoms with Crippen molar-refractivity contribution in [2.45, 2.75) is 12.5 Å². The monoisotopic (exact) mass is 368 g/mol. The second kappa shape index (κ2) is 8.31. The van der Waals surface area contributed by atoms with Crippen LogP contribution in [0.4, 0.5) is 0 Å². The zero-order valence-electron chi connectivity index (χ0n) is 15.3. The number of imidazole rings is 1. The molecule has 4 rings (SSSR count). The highest BCUT2D eigenvalue weighted by molar-refractivity contribution is 5.94. The molecule has 138 valence electrons. The number of hydrogen-bond donors (Lipinski definition) is 1. The van der Waals surface area contributed by atoms with Gasteiger partial charge in [0, 0.05) is 18.6 Å². The van der Waals surface area contributed by atoms with Gasteiger partial charge in [-0.15, -0.1) is 0 Å². The van der Waals surface area contributed by atoms with Gasteiger partial charge < -0.3 is 5.32 Å². The van der Waals surface area contributed by atoms with Gasteiger partial charge in [-0.2, -0.15) is 0 Å². The number of benzene rings is 2. The van der Waals surface area contributed by atoms with Gasteiger partial charge in [-0.3, -0.25) is 9.36 Å². The van der Waals surface area contributed by atoms with Gasteiger partial charge in [0.1, 0.15) is 12.1 Å². The zero-order chi connectivity index (χ0) is 19.2. The summed E-state index contributed by atoms with van der Waals surface area (Å²) in [6, 6.07) is 23.7. The van der Waals surface area contributed by atoms with Gasteiger partial charge in [-0.25, -0.2) is 9.97 Å². The summed E-state index contributed by atoms with van der Waals surface area (Å²) >= 11 is 0. The van der Waals surface area contributed by atoms with E-state index in [0.717, 1.165) is 17.8 Å². The topological polar surface area (TPSA) is 59.8 Å². The van der Waals surface area contributed by atoms with E-state index in [1.54, 1.807) is 29.4 Å². The molecule has 0 saturated heterocycles. The third-order valence-corrected chi connectivity index (χ3v) is 4.57. The molecule has 0 fully saturated rings. The van der Waals surface area contributed by atoms with Gasteiger partial charge in [0.2, 0.25) is 0 Å². The van der Waals surface area contributed by atoms with E-state index in [4.69, 9.17) is 0 Å². The van der Waals surface area contributed by atoms with Crippen LogP contribution in [0.2, 0.25) is 0 Å². The molecule has 0 spiro atoms. The summed E-state index contributed by atoms with van der Waals surface area (Å²) < 4.78 is 1.80. The summed E-state index contributed by atoms with van der Waals surface area (Å²) in [7, 11) is 0. The zero-order valence-corrected chi connectivity index (χ0v) is 15.3. The molecule has 5 heteroatoms. The lowest BCUT2D eigenvalue weighted by Gasteiger charge is -2.19. The molecule has 4 aromatic rings. The Kier molecular flexibility index (Phi) is 5.24. The molecule has 0 unspecified atom stereocenters. The molecule has 0 aliphatic heterocycles. The van der Waals surface area contributed by atoms with Gasteiger partial charge in [-0.1, -0.05) is 60.7 Å². The molecule has 28 heavy (non-hydrogen) atoms. The minimum atomic E-state index is -0.144. The molecular formula is C23H20N4O. The Morgan fingerprint density at radius 3 is 2.36 bits per heavy atom. The first kappa shape index (κ1) is 17.7. The first-order chi connectivity index (χ1) is 13.8. The normalized spacial score (nSPS) is 11.7. The van der Waals surface area contributed by atoms with E-state index in [2.05, 4.69) is 27.4 Å². The average molecular weight is 368 g/mol. The molecule has 0 aliphatic rings. The molecule has 0 aliphatic carbocycles. The van der Waals surface area contributed by atoms with Crippen molar-refractivity contribution in [3.05, 3.63) is 114 Å². The van der Waals surface area contributed by atoms with Gasteiger partial charge in [0.15, 0.2) is 0 Å². The highest BCUT2D eigenvalue weighted by atomic mass is 16.1. The molecule has 1 N–H and O–H groups in total. The fourth-order valence-corrected chi connectivity index (χ4v) is 3.10. The van der Waals surface area contributed by atoms with Gasteiger partial charge in [-0.05, 0) is 29.7 Å². The van der Waals surface area contributed by atoms with Gasteiger partial charge >= 0.3 is 0 Å². The fraction of sp³-hybridized carbons (Fsp3) is 0.0870. The Labute approximate surface area is 163 Å². The molecule has 2 aromatic carbocycles. The molecule has 0 saturated carbocycles. The number of nitrogens with one attached hydrogen (secondary N) is 1. The van der Waals surface area contributed by atoms with Crippen molar-refractivity contribution in [1.82, 2.24) is 19.9 Å². The first-order valence-corrected chi connectivity index (χ1v) is 9.14. The highest BCUT2D eigenvalue weighted by Gasteiger charge is 2.16. The Hall–Kier alpha value is -3.73. The van der Waals surface area contributed by atoms with E-state index >= 15 is 0 Å². The van der Waals surface area contributed by atoms with Gasteiger partial charge in [0.25, 0.3) is 5.91 Å². The van der Waals surface area contributed by atoms with E-state index in [1.165, 1.54) is 5.56 Å². The lowest BCUT2D eigenvalue weighted by Crippen LogP contribution is -2.30. The van der Waals surface area contributed by atoms with Crippen molar-refractivity contribution in [2.75, 3.05) is 0 Å². The van der Waals surface area contributed by atoms with E-state index in [-0.39, 0.29) is 11.9 Å². The maximum atomic E-state index is 12.8. The fourth-order valence-electron chi connectivity index (χ4n) is 3.10. The van der Waals surface area contributed by atoms with Crippen LogP contribution >= 0.6 is 0 Å². The smallest absolute Gasteiger partial charge is 0.253 e. The SMILES string of the molecule is O=C(N[C@H](Cc1ccccc1)c1ccccc1)c1ccc(-n2ccnc2)nc1. The van der Waals surface area contributed by atoms with E-state index in [1.807, 2.05) is 60.8 Å². The summed E-state index contributed by atoms with van der Waals surface area (Å²) in [5.74, 6) is 0.576. The number of carbonyl (C=O) groups is 1. The molecule has 0 radical (unpaired) electrons. The molecular weight excluding hydrogens is 348 g/mol. The summed E-state index contributed by atoms with van der Waals surface area (Å²) in [4.78, 5) is 21.2. The maximum absolute atomic E-state index is 12.8. The Balaban J connectivity index is 1.53. The predicted molar refractivity (Wildman–Crippen MR) is 108 cm³/mol. The van der Waals surface area contributed by atoms with E-state index in [9.17, 15) is 4.79 Å². The van der Waals surface area contributed by atoms with Gasteiger partial charge in [0.05, 0.1) is 11.6 Å². The molecule has 0 bridgehead atoms. The average Bonchev–Trinajstić information content (AvgIpc) is 3.30. The van der Waals surface area contributed by atoms with Crippen molar-refractivity contribution < 1.29 is 4.79 Å². The minimum Gasteiger partial charge on any atom is -0.345 e. The number of nitrogens with zero attached hydrogens (tertiary/aromatic N) is 3. The van der Waals surface area contributed by atoms with E-state index in [0.29, 0.717) is 5.56 Å². The molecule has 2 heterocycles. The third kappa shape index (κ3) is 4.15. The Bertz CT molecular complexity index is 1010. The number of rotatable bonds is 6. The van der Waals surface area contributed by atoms with Crippen molar-refractivity contribution in [1.29, 1.82) is 0 Å². The highest BCUT2D eigenvalue weighted by Crippen LogP contribution is 2.19. The molecule has 1 atom stereocenters. The summed E-state index contributed by atoms with van der Waals surface area (Å²) in [5, 5.41) is 3.15. The lowest BCUT2D eigenvalue weighted by molar-refractivity contribution is 0.0936. The van der Waals surface area contributed by atoms with Crippen LogP contribution in [-0.2, 0) is 6.42 Å². The summed E-state index contributed by atoms with van der Waals surface area (Å²) in [6.07, 6.45) is 7.49. The third-order valence-electron chi connectivity index (χ3n) is 4.57. The quantitative estimate of drug-likeness (QED) is 0.560. The van der Waals surface area contributed by atoms with Crippen molar-refractivity contribution in [2.24, 2.45) is 0 Å². The minimum absolute atomic E-state index is 0.121. The van der Waals surface area contributed by atoms with Crippen molar-refractivity contribution in [3.8, 4) is 5.82 Å². The van der Waals surface area contributed by atoms with Crippen LogP contribution in [0.15, 0.2) is 97.7 Å². The van der Waals surface area contributed by atoms with Crippen LogP contribution in [-0.4, -0.2) is 20.4 Å². The molecule has 2 aromatic heterocycles. The van der Waals surface area contributed by atoms with Crippen LogP contribution in [0.25, 0.3) is 5.82 Å². The summed E-state index contributed by atoms with van der Waals surface area (Å²) in [5.41, 5.74) is 2.77. The number of hydrogen-bond acceptors (Lipinski definition) is 3. The second-order valence-electron chi connectivity index (χ2n) is 6.50.